The number of piperidine rings is 1. The minimum absolute atomic E-state index is 0. The van der Waals surface area contributed by atoms with Crippen molar-refractivity contribution in [2.75, 3.05) is 18.8 Å². The summed E-state index contributed by atoms with van der Waals surface area (Å²) in [6.45, 7) is 2.41. The number of thioether (sulfide) groups is 1. The van der Waals surface area contributed by atoms with Gasteiger partial charge in [-0.05, 0) is 38.3 Å². The number of imidazole rings is 1. The van der Waals surface area contributed by atoms with Gasteiger partial charge in [-0.25, -0.2) is 4.98 Å². The summed E-state index contributed by atoms with van der Waals surface area (Å²) in [6.07, 6.45) is 7.90. The van der Waals surface area contributed by atoms with Gasteiger partial charge < -0.3 is 9.88 Å². The van der Waals surface area contributed by atoms with Crippen molar-refractivity contribution in [3.05, 3.63) is 12.4 Å². The van der Waals surface area contributed by atoms with Gasteiger partial charge in [0.2, 0.25) is 0 Å². The molecule has 0 amide bonds. The fraction of sp³-hybridized carbons (Fsp3) is 0.727. The largest absolute Gasteiger partial charge is 0.329 e. The molecule has 0 aliphatic carbocycles. The molecular formula is C11H20ClN3S. The Bertz CT molecular complexity index is 297. The standard InChI is InChI=1S/C11H19N3S.ClH/c1-14-8-7-13-11(14)15-9-4-10-2-5-12-6-3-10;/h7-8,10,12H,2-6,9H2,1H3;1H. The molecule has 3 nitrogen and oxygen atoms in total. The van der Waals surface area contributed by atoms with E-state index in [9.17, 15) is 0 Å². The summed E-state index contributed by atoms with van der Waals surface area (Å²) in [6, 6.07) is 0. The monoisotopic (exact) mass is 261 g/mol. The smallest absolute Gasteiger partial charge is 0.167 e. The zero-order valence-corrected chi connectivity index (χ0v) is 11.3. The van der Waals surface area contributed by atoms with Crippen LogP contribution in [0.4, 0.5) is 0 Å². The maximum atomic E-state index is 4.31. The molecule has 5 heteroatoms. The molecule has 92 valence electrons. The van der Waals surface area contributed by atoms with Crippen molar-refractivity contribution in [1.82, 2.24) is 14.9 Å². The first-order chi connectivity index (χ1) is 7.36. The van der Waals surface area contributed by atoms with Gasteiger partial charge in [0.25, 0.3) is 0 Å². The lowest BCUT2D eigenvalue weighted by molar-refractivity contribution is 0.367. The van der Waals surface area contributed by atoms with Crippen molar-refractivity contribution >= 4 is 24.2 Å². The van der Waals surface area contributed by atoms with E-state index in [1.807, 2.05) is 24.2 Å². The van der Waals surface area contributed by atoms with Crippen molar-refractivity contribution in [2.24, 2.45) is 13.0 Å². The molecule has 1 saturated heterocycles. The molecule has 1 aliphatic heterocycles. The van der Waals surface area contributed by atoms with Crippen LogP contribution in [0.1, 0.15) is 19.3 Å². The molecule has 1 aromatic rings. The lowest BCUT2D eigenvalue weighted by atomic mass is 9.96. The van der Waals surface area contributed by atoms with Crippen LogP contribution in [0.25, 0.3) is 0 Å². The molecule has 2 rings (SSSR count). The Hall–Kier alpha value is -0.190. The third-order valence-corrected chi connectivity index (χ3v) is 4.08. The van der Waals surface area contributed by atoms with E-state index < -0.39 is 0 Å². The van der Waals surface area contributed by atoms with Crippen LogP contribution < -0.4 is 5.32 Å². The molecule has 16 heavy (non-hydrogen) atoms. The van der Waals surface area contributed by atoms with E-state index in [-0.39, 0.29) is 12.4 Å². The minimum atomic E-state index is 0. The van der Waals surface area contributed by atoms with Gasteiger partial charge in [-0.2, -0.15) is 0 Å². The number of aryl methyl sites for hydroxylation is 1. The van der Waals surface area contributed by atoms with Crippen LogP contribution in [-0.2, 0) is 7.05 Å². The van der Waals surface area contributed by atoms with Crippen LogP contribution in [0, 0.1) is 5.92 Å². The third kappa shape index (κ3) is 4.00. The van der Waals surface area contributed by atoms with Gasteiger partial charge in [-0.1, -0.05) is 11.8 Å². The maximum absolute atomic E-state index is 4.31. The van der Waals surface area contributed by atoms with E-state index in [0.717, 1.165) is 11.1 Å². The highest BCUT2D eigenvalue weighted by Gasteiger charge is 2.12. The van der Waals surface area contributed by atoms with Crippen molar-refractivity contribution in [2.45, 2.75) is 24.4 Å². The van der Waals surface area contributed by atoms with Gasteiger partial charge in [-0.3, -0.25) is 0 Å². The van der Waals surface area contributed by atoms with Crippen molar-refractivity contribution in [3.63, 3.8) is 0 Å². The summed E-state index contributed by atoms with van der Waals surface area (Å²) in [5.41, 5.74) is 0. The summed E-state index contributed by atoms with van der Waals surface area (Å²) >= 11 is 1.88. The van der Waals surface area contributed by atoms with Gasteiger partial charge in [0.05, 0.1) is 0 Å². The second kappa shape index (κ2) is 7.20. The number of rotatable bonds is 4. The van der Waals surface area contributed by atoms with Crippen molar-refractivity contribution in [3.8, 4) is 0 Å². The highest BCUT2D eigenvalue weighted by molar-refractivity contribution is 7.99. The Morgan fingerprint density at radius 3 is 2.88 bits per heavy atom. The molecule has 0 radical (unpaired) electrons. The molecule has 2 heterocycles. The Morgan fingerprint density at radius 1 is 1.50 bits per heavy atom. The average molecular weight is 262 g/mol. The van der Waals surface area contributed by atoms with E-state index in [0.29, 0.717) is 0 Å². The first kappa shape index (κ1) is 13.9. The first-order valence-corrected chi connectivity index (χ1v) is 6.65. The summed E-state index contributed by atoms with van der Waals surface area (Å²) < 4.78 is 2.09. The zero-order chi connectivity index (χ0) is 10.5. The average Bonchev–Trinajstić information content (AvgIpc) is 2.66. The zero-order valence-electron chi connectivity index (χ0n) is 9.69. The van der Waals surface area contributed by atoms with Gasteiger partial charge in [-0.15, -0.1) is 12.4 Å². The van der Waals surface area contributed by atoms with Crippen LogP contribution in [0.15, 0.2) is 17.6 Å². The summed E-state index contributed by atoms with van der Waals surface area (Å²) in [5.74, 6) is 2.13. The van der Waals surface area contributed by atoms with Crippen LogP contribution in [-0.4, -0.2) is 28.4 Å². The summed E-state index contributed by atoms with van der Waals surface area (Å²) in [4.78, 5) is 4.31. The van der Waals surface area contributed by atoms with E-state index in [1.165, 1.54) is 38.1 Å². The van der Waals surface area contributed by atoms with Gasteiger partial charge in [0.1, 0.15) is 0 Å². The molecule has 1 aromatic heterocycles. The predicted molar refractivity (Wildman–Crippen MR) is 71.4 cm³/mol. The SMILES string of the molecule is Cl.Cn1ccnc1SCCC1CCNCC1. The van der Waals surface area contributed by atoms with Crippen molar-refractivity contribution < 1.29 is 0 Å². The normalized spacial score (nSPS) is 17.1. The number of nitrogens with zero attached hydrogens (tertiary/aromatic N) is 2. The van der Waals surface area contributed by atoms with E-state index >= 15 is 0 Å². The predicted octanol–water partition coefficient (Wildman–Crippen LogP) is 2.32. The van der Waals surface area contributed by atoms with Gasteiger partial charge in [0.15, 0.2) is 5.16 Å². The molecule has 1 aliphatic rings. The number of hydrogen-bond donors (Lipinski definition) is 1. The summed E-state index contributed by atoms with van der Waals surface area (Å²) in [5, 5.41) is 4.55. The van der Waals surface area contributed by atoms with Crippen LogP contribution in [0.5, 0.6) is 0 Å². The lowest BCUT2D eigenvalue weighted by Gasteiger charge is -2.22. The first-order valence-electron chi connectivity index (χ1n) is 5.67. The molecule has 0 aromatic carbocycles. The van der Waals surface area contributed by atoms with Crippen LogP contribution >= 0.6 is 24.2 Å². The number of aromatic nitrogens is 2. The second-order valence-corrected chi connectivity index (χ2v) is 5.21. The van der Waals surface area contributed by atoms with Crippen LogP contribution in [0.2, 0.25) is 0 Å². The van der Waals surface area contributed by atoms with Crippen molar-refractivity contribution in [1.29, 1.82) is 0 Å². The number of nitrogens with one attached hydrogen (secondary N) is 1. The summed E-state index contributed by atoms with van der Waals surface area (Å²) in [7, 11) is 2.06. The fourth-order valence-electron chi connectivity index (χ4n) is 1.98. The van der Waals surface area contributed by atoms with Crippen LogP contribution in [0.3, 0.4) is 0 Å². The molecule has 0 bridgehead atoms. The molecule has 1 fully saturated rings. The quantitative estimate of drug-likeness (QED) is 0.844. The molecule has 0 spiro atoms. The topological polar surface area (TPSA) is 29.9 Å². The van der Waals surface area contributed by atoms with E-state index in [2.05, 4.69) is 21.9 Å². The Labute approximate surface area is 108 Å². The molecule has 0 atom stereocenters. The maximum Gasteiger partial charge on any atom is 0.167 e. The van der Waals surface area contributed by atoms with Gasteiger partial charge >= 0.3 is 0 Å². The Kier molecular flexibility index (Phi) is 6.24. The third-order valence-electron chi connectivity index (χ3n) is 2.99. The highest BCUT2D eigenvalue weighted by atomic mass is 35.5. The van der Waals surface area contributed by atoms with E-state index in [1.54, 1.807) is 0 Å². The fourth-order valence-corrected chi connectivity index (χ4v) is 3.01. The van der Waals surface area contributed by atoms with Gasteiger partial charge in [0, 0.05) is 25.2 Å². The molecular weight excluding hydrogens is 242 g/mol. The second-order valence-electron chi connectivity index (χ2n) is 4.15. The minimum Gasteiger partial charge on any atom is -0.329 e. The molecule has 1 N–H and O–H groups in total. The number of halogens is 1. The Balaban J connectivity index is 0.00000128. The number of hydrogen-bond acceptors (Lipinski definition) is 3. The molecule has 0 saturated carbocycles. The molecule has 0 unspecified atom stereocenters. The van der Waals surface area contributed by atoms with E-state index in [4.69, 9.17) is 0 Å². The highest BCUT2D eigenvalue weighted by Crippen LogP contribution is 2.22. The Morgan fingerprint density at radius 2 is 2.25 bits per heavy atom. The lowest BCUT2D eigenvalue weighted by Crippen LogP contribution is -2.27.